The fraction of sp³-hybridized carbons (Fsp3) is 0.583. The van der Waals surface area contributed by atoms with E-state index in [4.69, 9.17) is 0 Å². The molecule has 0 bridgehead atoms. The number of carbonyl (C=O) groups excluding carboxylic acids is 1. The normalized spacial score (nSPS) is 24.6. The third-order valence-electron chi connectivity index (χ3n) is 3.15. The summed E-state index contributed by atoms with van der Waals surface area (Å²) in [7, 11) is 0. The number of amides is 1. The highest BCUT2D eigenvalue weighted by Crippen LogP contribution is 2.15. The molecule has 0 aromatic carbocycles. The molecule has 0 saturated carbocycles. The van der Waals surface area contributed by atoms with E-state index < -0.39 is 0 Å². The molecule has 0 aliphatic carbocycles. The van der Waals surface area contributed by atoms with Gasteiger partial charge in [0.1, 0.15) is 0 Å². The van der Waals surface area contributed by atoms with Crippen molar-refractivity contribution in [2.45, 2.75) is 13.3 Å². The van der Waals surface area contributed by atoms with Crippen LogP contribution in [-0.2, 0) is 11.2 Å². The predicted molar refractivity (Wildman–Crippen MR) is 66.6 cm³/mol. The highest BCUT2D eigenvalue weighted by atomic mass is 32.1. The van der Waals surface area contributed by atoms with Gasteiger partial charge in [-0.2, -0.15) is 11.3 Å². The zero-order chi connectivity index (χ0) is 11.4. The second-order valence-corrected chi connectivity index (χ2v) is 5.19. The van der Waals surface area contributed by atoms with Crippen LogP contribution in [0.4, 0.5) is 0 Å². The molecule has 1 saturated heterocycles. The number of rotatable bonds is 4. The zero-order valence-corrected chi connectivity index (χ0v) is 10.3. The maximum atomic E-state index is 11.8. The minimum atomic E-state index is 0.155. The van der Waals surface area contributed by atoms with E-state index in [0.29, 0.717) is 5.92 Å². The summed E-state index contributed by atoms with van der Waals surface area (Å²) < 4.78 is 0. The molecule has 1 aromatic heterocycles. The molecule has 2 N–H and O–H groups in total. The van der Waals surface area contributed by atoms with E-state index >= 15 is 0 Å². The molecule has 1 amide bonds. The summed E-state index contributed by atoms with van der Waals surface area (Å²) >= 11 is 1.70. The summed E-state index contributed by atoms with van der Waals surface area (Å²) in [5.41, 5.74) is 1.31. The molecule has 1 aliphatic heterocycles. The van der Waals surface area contributed by atoms with Crippen molar-refractivity contribution in [1.82, 2.24) is 10.6 Å². The van der Waals surface area contributed by atoms with Crippen molar-refractivity contribution < 1.29 is 4.79 Å². The predicted octanol–water partition coefficient (Wildman–Crippen LogP) is 1.26. The molecule has 4 heteroatoms. The first-order valence-corrected chi connectivity index (χ1v) is 6.71. The first-order chi connectivity index (χ1) is 7.77. The topological polar surface area (TPSA) is 41.1 Å². The summed E-state index contributed by atoms with van der Waals surface area (Å²) in [6.07, 6.45) is 0.934. The quantitative estimate of drug-likeness (QED) is 0.829. The van der Waals surface area contributed by atoms with Gasteiger partial charge in [-0.05, 0) is 41.3 Å². The molecule has 88 valence electrons. The Labute approximate surface area is 100 Å². The maximum Gasteiger partial charge on any atom is 0.224 e. The Bertz CT molecular complexity index is 337. The SMILES string of the molecule is C[C@@H]1CNC[C@H]1C(=O)NCCc1ccsc1. The van der Waals surface area contributed by atoms with Crippen LogP contribution in [0.5, 0.6) is 0 Å². The molecule has 1 aliphatic rings. The smallest absolute Gasteiger partial charge is 0.224 e. The van der Waals surface area contributed by atoms with Crippen molar-refractivity contribution in [2.24, 2.45) is 11.8 Å². The van der Waals surface area contributed by atoms with Crippen molar-refractivity contribution in [3.05, 3.63) is 22.4 Å². The lowest BCUT2D eigenvalue weighted by molar-refractivity contribution is -0.125. The largest absolute Gasteiger partial charge is 0.355 e. The lowest BCUT2D eigenvalue weighted by Gasteiger charge is -2.13. The van der Waals surface area contributed by atoms with E-state index in [1.165, 1.54) is 5.56 Å². The Morgan fingerprint density at radius 3 is 3.12 bits per heavy atom. The van der Waals surface area contributed by atoms with E-state index in [1.54, 1.807) is 11.3 Å². The summed E-state index contributed by atoms with van der Waals surface area (Å²) in [4.78, 5) is 11.8. The number of nitrogens with one attached hydrogen (secondary N) is 2. The van der Waals surface area contributed by atoms with Gasteiger partial charge in [0.15, 0.2) is 0 Å². The highest BCUT2D eigenvalue weighted by molar-refractivity contribution is 7.07. The Balaban J connectivity index is 1.71. The molecular weight excluding hydrogens is 220 g/mol. The van der Waals surface area contributed by atoms with Gasteiger partial charge in [0, 0.05) is 13.1 Å². The Morgan fingerprint density at radius 2 is 2.50 bits per heavy atom. The Kier molecular flexibility index (Phi) is 3.96. The van der Waals surface area contributed by atoms with E-state index in [-0.39, 0.29) is 11.8 Å². The minimum absolute atomic E-state index is 0.155. The lowest BCUT2D eigenvalue weighted by Crippen LogP contribution is -2.35. The molecule has 2 rings (SSSR count). The summed E-state index contributed by atoms with van der Waals surface area (Å²) in [6, 6.07) is 2.11. The molecule has 2 atom stereocenters. The van der Waals surface area contributed by atoms with Crippen LogP contribution in [0.2, 0.25) is 0 Å². The molecule has 0 spiro atoms. The first-order valence-electron chi connectivity index (χ1n) is 5.77. The molecule has 16 heavy (non-hydrogen) atoms. The fourth-order valence-electron chi connectivity index (χ4n) is 2.06. The molecular formula is C12H18N2OS. The van der Waals surface area contributed by atoms with Gasteiger partial charge in [0.25, 0.3) is 0 Å². The van der Waals surface area contributed by atoms with Crippen molar-refractivity contribution in [3.8, 4) is 0 Å². The number of carbonyl (C=O) groups is 1. The van der Waals surface area contributed by atoms with Crippen LogP contribution in [-0.4, -0.2) is 25.5 Å². The lowest BCUT2D eigenvalue weighted by atomic mass is 9.97. The third kappa shape index (κ3) is 2.83. The number of thiophene rings is 1. The van der Waals surface area contributed by atoms with E-state index in [0.717, 1.165) is 26.1 Å². The highest BCUT2D eigenvalue weighted by Gasteiger charge is 2.28. The Morgan fingerprint density at radius 1 is 1.62 bits per heavy atom. The maximum absolute atomic E-state index is 11.8. The van der Waals surface area contributed by atoms with Crippen molar-refractivity contribution in [2.75, 3.05) is 19.6 Å². The van der Waals surface area contributed by atoms with Gasteiger partial charge in [0.2, 0.25) is 5.91 Å². The monoisotopic (exact) mass is 238 g/mol. The van der Waals surface area contributed by atoms with Gasteiger partial charge in [-0.15, -0.1) is 0 Å². The first kappa shape index (κ1) is 11.6. The van der Waals surface area contributed by atoms with Gasteiger partial charge in [-0.3, -0.25) is 4.79 Å². The second kappa shape index (κ2) is 5.46. The standard InChI is InChI=1S/C12H18N2OS/c1-9-6-13-7-11(9)12(15)14-4-2-10-3-5-16-8-10/h3,5,8-9,11,13H,2,4,6-7H2,1H3,(H,14,15)/t9-,11-/m1/s1. The van der Waals surface area contributed by atoms with Crippen LogP contribution in [0.25, 0.3) is 0 Å². The molecule has 0 radical (unpaired) electrons. The fourth-order valence-corrected chi connectivity index (χ4v) is 2.76. The summed E-state index contributed by atoms with van der Waals surface area (Å²) in [5.74, 6) is 0.816. The van der Waals surface area contributed by atoms with Gasteiger partial charge >= 0.3 is 0 Å². The van der Waals surface area contributed by atoms with Gasteiger partial charge in [-0.25, -0.2) is 0 Å². The summed E-state index contributed by atoms with van der Waals surface area (Å²) in [6.45, 7) is 4.66. The molecule has 2 heterocycles. The van der Waals surface area contributed by atoms with Gasteiger partial charge < -0.3 is 10.6 Å². The van der Waals surface area contributed by atoms with Crippen LogP contribution < -0.4 is 10.6 Å². The van der Waals surface area contributed by atoms with Crippen molar-refractivity contribution in [1.29, 1.82) is 0 Å². The van der Waals surface area contributed by atoms with Crippen LogP contribution in [0.3, 0.4) is 0 Å². The number of hydrogen-bond acceptors (Lipinski definition) is 3. The van der Waals surface area contributed by atoms with Crippen LogP contribution in [0, 0.1) is 11.8 Å². The van der Waals surface area contributed by atoms with Gasteiger partial charge in [0.05, 0.1) is 5.92 Å². The van der Waals surface area contributed by atoms with Crippen LogP contribution in [0.1, 0.15) is 12.5 Å². The van der Waals surface area contributed by atoms with E-state index in [9.17, 15) is 4.79 Å². The third-order valence-corrected chi connectivity index (χ3v) is 3.88. The number of hydrogen-bond donors (Lipinski definition) is 2. The average molecular weight is 238 g/mol. The molecule has 1 aromatic rings. The Hall–Kier alpha value is -0.870. The molecule has 0 unspecified atom stereocenters. The van der Waals surface area contributed by atoms with Gasteiger partial charge in [-0.1, -0.05) is 6.92 Å². The van der Waals surface area contributed by atoms with Crippen molar-refractivity contribution >= 4 is 17.2 Å². The summed E-state index contributed by atoms with van der Waals surface area (Å²) in [5, 5.41) is 10.5. The van der Waals surface area contributed by atoms with E-state index in [1.807, 2.05) is 0 Å². The minimum Gasteiger partial charge on any atom is -0.355 e. The molecule has 1 fully saturated rings. The molecule has 3 nitrogen and oxygen atoms in total. The van der Waals surface area contributed by atoms with E-state index in [2.05, 4.69) is 34.4 Å². The zero-order valence-electron chi connectivity index (χ0n) is 9.53. The van der Waals surface area contributed by atoms with Crippen LogP contribution >= 0.6 is 11.3 Å². The average Bonchev–Trinajstić information content (AvgIpc) is 2.88. The van der Waals surface area contributed by atoms with Crippen molar-refractivity contribution in [3.63, 3.8) is 0 Å². The second-order valence-electron chi connectivity index (χ2n) is 4.41. The van der Waals surface area contributed by atoms with Crippen LogP contribution in [0.15, 0.2) is 16.8 Å².